The first kappa shape index (κ1) is 12.5. The largest absolute Gasteiger partial charge is 0.266 e. The lowest BCUT2D eigenvalue weighted by Gasteiger charge is -2.09. The maximum Gasteiger partial charge on any atom is 0.266 e. The Morgan fingerprint density at radius 3 is 2.47 bits per heavy atom. The van der Waals surface area contributed by atoms with E-state index in [0.29, 0.717) is 0 Å². The molecule has 1 aromatic rings. The Hall–Kier alpha value is -0.600. The summed E-state index contributed by atoms with van der Waals surface area (Å²) < 4.78 is 47.2. The van der Waals surface area contributed by atoms with Gasteiger partial charge in [0.25, 0.3) is 6.43 Å². The summed E-state index contributed by atoms with van der Waals surface area (Å²) in [4.78, 5) is 3.02. The van der Waals surface area contributed by atoms with Crippen molar-refractivity contribution in [1.82, 2.24) is 4.98 Å². The third kappa shape index (κ3) is 2.50. The number of halogens is 3. The molecule has 0 saturated carbocycles. The molecule has 0 spiro atoms. The number of aryl methyl sites for hydroxylation is 1. The maximum atomic E-state index is 12.5. The number of hydrogen-bond acceptors (Lipinski definition) is 3. The standard InChI is InChI=1S/C7H7BrF2N2O2S/c1-3-5(8)6(15(11,13)14)4(2-12-3)7(9)10/h2,7H,1H3,(H2,11,13,14). The summed E-state index contributed by atoms with van der Waals surface area (Å²) in [7, 11) is -4.20. The van der Waals surface area contributed by atoms with Gasteiger partial charge in [-0.3, -0.25) is 4.98 Å². The molecule has 0 bridgehead atoms. The van der Waals surface area contributed by atoms with Gasteiger partial charge in [-0.25, -0.2) is 22.3 Å². The van der Waals surface area contributed by atoms with Gasteiger partial charge in [-0.05, 0) is 22.9 Å². The minimum Gasteiger partial charge on any atom is -0.260 e. The number of nitrogens with two attached hydrogens (primary N) is 1. The molecule has 0 saturated heterocycles. The highest BCUT2D eigenvalue weighted by atomic mass is 79.9. The zero-order chi connectivity index (χ0) is 11.8. The first-order valence-electron chi connectivity index (χ1n) is 3.71. The molecule has 1 rings (SSSR count). The second-order valence-corrected chi connectivity index (χ2v) is 5.08. The minimum absolute atomic E-state index is 0.0252. The van der Waals surface area contributed by atoms with E-state index in [4.69, 9.17) is 5.14 Å². The predicted molar refractivity (Wildman–Crippen MR) is 53.0 cm³/mol. The zero-order valence-corrected chi connectivity index (χ0v) is 9.94. The number of rotatable bonds is 2. The van der Waals surface area contributed by atoms with Gasteiger partial charge in [0.2, 0.25) is 10.0 Å². The second kappa shape index (κ2) is 4.11. The van der Waals surface area contributed by atoms with Gasteiger partial charge in [-0.15, -0.1) is 0 Å². The Morgan fingerprint density at radius 1 is 1.53 bits per heavy atom. The number of pyridine rings is 1. The van der Waals surface area contributed by atoms with Crippen LogP contribution in [-0.4, -0.2) is 13.4 Å². The molecular formula is C7H7BrF2N2O2S. The molecule has 2 N–H and O–H groups in total. The van der Waals surface area contributed by atoms with Crippen molar-refractivity contribution in [2.24, 2.45) is 5.14 Å². The van der Waals surface area contributed by atoms with Crippen LogP contribution in [0.5, 0.6) is 0 Å². The first-order chi connectivity index (χ1) is 6.75. The van der Waals surface area contributed by atoms with Crippen LogP contribution in [0.1, 0.15) is 17.7 Å². The van der Waals surface area contributed by atoms with Gasteiger partial charge in [0.05, 0.1) is 15.7 Å². The van der Waals surface area contributed by atoms with E-state index >= 15 is 0 Å². The van der Waals surface area contributed by atoms with E-state index < -0.39 is 26.9 Å². The average molecular weight is 301 g/mol. The van der Waals surface area contributed by atoms with E-state index in [9.17, 15) is 17.2 Å². The van der Waals surface area contributed by atoms with E-state index in [2.05, 4.69) is 20.9 Å². The summed E-state index contributed by atoms with van der Waals surface area (Å²) in [6.45, 7) is 1.48. The quantitative estimate of drug-likeness (QED) is 0.904. The van der Waals surface area contributed by atoms with Crippen molar-refractivity contribution in [2.45, 2.75) is 18.2 Å². The monoisotopic (exact) mass is 300 g/mol. The summed E-state index contributed by atoms with van der Waals surface area (Å²) >= 11 is 2.88. The summed E-state index contributed by atoms with van der Waals surface area (Å²) in [6.07, 6.45) is -2.13. The van der Waals surface area contributed by atoms with Crippen LogP contribution in [0, 0.1) is 6.92 Å². The highest BCUT2D eigenvalue weighted by Crippen LogP contribution is 2.32. The number of nitrogens with zero attached hydrogens (tertiary/aromatic N) is 1. The van der Waals surface area contributed by atoms with Crippen LogP contribution in [0.2, 0.25) is 0 Å². The maximum absolute atomic E-state index is 12.5. The highest BCUT2D eigenvalue weighted by molar-refractivity contribution is 9.10. The van der Waals surface area contributed by atoms with Crippen LogP contribution in [-0.2, 0) is 10.0 Å². The molecule has 1 aromatic heterocycles. The molecule has 0 unspecified atom stereocenters. The Kier molecular flexibility index (Phi) is 3.41. The summed E-state index contributed by atoms with van der Waals surface area (Å²) in [5.41, 5.74) is -0.418. The van der Waals surface area contributed by atoms with E-state index in [1.807, 2.05) is 0 Å². The third-order valence-electron chi connectivity index (χ3n) is 1.70. The lowest BCUT2D eigenvalue weighted by Crippen LogP contribution is -2.16. The number of sulfonamides is 1. The molecule has 15 heavy (non-hydrogen) atoms. The fourth-order valence-corrected chi connectivity index (χ4v) is 2.89. The highest BCUT2D eigenvalue weighted by Gasteiger charge is 2.25. The fourth-order valence-electron chi connectivity index (χ4n) is 1.02. The van der Waals surface area contributed by atoms with Gasteiger partial charge in [-0.1, -0.05) is 0 Å². The summed E-state index contributed by atoms with van der Waals surface area (Å²) in [6, 6.07) is 0. The SMILES string of the molecule is Cc1ncc(C(F)F)c(S(N)(=O)=O)c1Br. The molecular weight excluding hydrogens is 294 g/mol. The molecule has 0 aliphatic heterocycles. The van der Waals surface area contributed by atoms with Crippen LogP contribution in [0.25, 0.3) is 0 Å². The minimum atomic E-state index is -4.20. The van der Waals surface area contributed by atoms with Gasteiger partial charge >= 0.3 is 0 Å². The molecule has 0 atom stereocenters. The van der Waals surface area contributed by atoms with Crippen molar-refractivity contribution in [3.63, 3.8) is 0 Å². The van der Waals surface area contributed by atoms with Gasteiger partial charge < -0.3 is 0 Å². The molecule has 0 aliphatic carbocycles. The van der Waals surface area contributed by atoms with Crippen LogP contribution in [0.4, 0.5) is 8.78 Å². The normalized spacial score (nSPS) is 12.1. The first-order valence-corrected chi connectivity index (χ1v) is 6.05. The van der Waals surface area contributed by atoms with Crippen molar-refractivity contribution in [3.8, 4) is 0 Å². The Balaban J connectivity index is 3.65. The van der Waals surface area contributed by atoms with Gasteiger partial charge in [-0.2, -0.15) is 0 Å². The van der Waals surface area contributed by atoms with E-state index in [0.717, 1.165) is 6.20 Å². The Labute approximate surface area is 93.7 Å². The van der Waals surface area contributed by atoms with E-state index in [1.165, 1.54) is 6.92 Å². The molecule has 0 fully saturated rings. The van der Waals surface area contributed by atoms with Crippen LogP contribution in [0.3, 0.4) is 0 Å². The number of primary sulfonamides is 1. The molecule has 8 heteroatoms. The summed E-state index contributed by atoms with van der Waals surface area (Å²) in [5, 5.41) is 4.85. The third-order valence-corrected chi connectivity index (χ3v) is 3.94. The van der Waals surface area contributed by atoms with Crippen molar-refractivity contribution in [3.05, 3.63) is 21.9 Å². The van der Waals surface area contributed by atoms with E-state index in [1.54, 1.807) is 0 Å². The molecule has 0 aromatic carbocycles. The van der Waals surface area contributed by atoms with Crippen molar-refractivity contribution < 1.29 is 17.2 Å². The predicted octanol–water partition coefficient (Wildman–Crippen LogP) is 1.74. The molecule has 0 radical (unpaired) electrons. The average Bonchev–Trinajstić information content (AvgIpc) is 2.06. The molecule has 1 heterocycles. The summed E-state index contributed by atoms with van der Waals surface area (Å²) in [5.74, 6) is 0. The topological polar surface area (TPSA) is 73.0 Å². The Morgan fingerprint density at radius 2 is 2.07 bits per heavy atom. The van der Waals surface area contributed by atoms with Crippen molar-refractivity contribution >= 4 is 26.0 Å². The van der Waals surface area contributed by atoms with Crippen LogP contribution >= 0.6 is 15.9 Å². The molecule has 84 valence electrons. The number of alkyl halides is 2. The van der Waals surface area contributed by atoms with Crippen LogP contribution < -0.4 is 5.14 Å². The fraction of sp³-hybridized carbons (Fsp3) is 0.286. The molecule has 0 amide bonds. The van der Waals surface area contributed by atoms with E-state index in [-0.39, 0.29) is 10.2 Å². The molecule has 4 nitrogen and oxygen atoms in total. The second-order valence-electron chi connectivity index (χ2n) is 2.79. The van der Waals surface area contributed by atoms with Crippen molar-refractivity contribution in [2.75, 3.05) is 0 Å². The smallest absolute Gasteiger partial charge is 0.260 e. The number of hydrogen-bond donors (Lipinski definition) is 1. The Bertz CT molecular complexity index is 490. The lowest BCUT2D eigenvalue weighted by atomic mass is 10.2. The van der Waals surface area contributed by atoms with Gasteiger partial charge in [0.15, 0.2) is 0 Å². The zero-order valence-electron chi connectivity index (χ0n) is 7.54. The van der Waals surface area contributed by atoms with Gasteiger partial charge in [0.1, 0.15) is 4.90 Å². The van der Waals surface area contributed by atoms with Crippen LogP contribution in [0.15, 0.2) is 15.6 Å². The lowest BCUT2D eigenvalue weighted by molar-refractivity contribution is 0.147. The van der Waals surface area contributed by atoms with Gasteiger partial charge in [0, 0.05) is 6.20 Å². The van der Waals surface area contributed by atoms with Crippen molar-refractivity contribution in [1.29, 1.82) is 0 Å². The molecule has 0 aliphatic rings. The number of aromatic nitrogens is 1.